The van der Waals surface area contributed by atoms with E-state index in [1.165, 1.54) is 0 Å². The van der Waals surface area contributed by atoms with Crippen LogP contribution in [0.4, 0.5) is 0 Å². The van der Waals surface area contributed by atoms with Crippen LogP contribution in [-0.4, -0.2) is 15.7 Å². The van der Waals surface area contributed by atoms with Crippen LogP contribution >= 0.6 is 0 Å². The van der Waals surface area contributed by atoms with Crippen LogP contribution in [0.1, 0.15) is 41.7 Å². The summed E-state index contributed by atoms with van der Waals surface area (Å²) >= 11 is 0. The van der Waals surface area contributed by atoms with Gasteiger partial charge in [0.25, 0.3) is 5.91 Å². The molecule has 0 bridgehead atoms. The fourth-order valence-electron chi connectivity index (χ4n) is 1.45. The molecular weight excluding hydrogens is 166 g/mol. The standard InChI is InChI=1S/C9H13N3O/c1-2-12-5-7(9(10)13)8(11-12)6-3-4-6/h5-6H,2-4H2,1H3,(H2,10,13). The Kier molecular flexibility index (Phi) is 1.83. The molecule has 1 aromatic rings. The highest BCUT2D eigenvalue weighted by atomic mass is 16.1. The first kappa shape index (κ1) is 8.29. The van der Waals surface area contributed by atoms with Crippen LogP contribution in [0.5, 0.6) is 0 Å². The number of nitrogens with zero attached hydrogens (tertiary/aromatic N) is 2. The number of nitrogens with two attached hydrogens (primary N) is 1. The van der Waals surface area contributed by atoms with Crippen molar-refractivity contribution in [3.63, 3.8) is 0 Å². The van der Waals surface area contributed by atoms with Gasteiger partial charge in [0.05, 0.1) is 11.3 Å². The van der Waals surface area contributed by atoms with Gasteiger partial charge in [-0.3, -0.25) is 9.48 Å². The van der Waals surface area contributed by atoms with Crippen molar-refractivity contribution in [3.8, 4) is 0 Å². The Balaban J connectivity index is 2.39. The molecule has 1 amide bonds. The first-order valence-corrected chi connectivity index (χ1v) is 4.59. The van der Waals surface area contributed by atoms with E-state index in [9.17, 15) is 4.79 Å². The lowest BCUT2D eigenvalue weighted by Gasteiger charge is -1.92. The zero-order chi connectivity index (χ0) is 9.42. The molecule has 70 valence electrons. The van der Waals surface area contributed by atoms with Crippen LogP contribution < -0.4 is 5.73 Å². The van der Waals surface area contributed by atoms with Gasteiger partial charge in [-0.15, -0.1) is 0 Å². The zero-order valence-electron chi connectivity index (χ0n) is 7.66. The molecule has 2 rings (SSSR count). The molecule has 0 spiro atoms. The van der Waals surface area contributed by atoms with E-state index in [1.54, 1.807) is 10.9 Å². The molecule has 1 heterocycles. The minimum atomic E-state index is -0.360. The predicted molar refractivity (Wildman–Crippen MR) is 48.4 cm³/mol. The van der Waals surface area contributed by atoms with E-state index >= 15 is 0 Å². The van der Waals surface area contributed by atoms with Gasteiger partial charge in [0.2, 0.25) is 0 Å². The number of hydrogen-bond acceptors (Lipinski definition) is 2. The molecule has 0 atom stereocenters. The molecule has 0 saturated heterocycles. The number of carbonyl (C=O) groups excluding carboxylic acids is 1. The Morgan fingerprint density at radius 1 is 1.77 bits per heavy atom. The van der Waals surface area contributed by atoms with Crippen LogP contribution in [0.15, 0.2) is 6.20 Å². The van der Waals surface area contributed by atoms with Crippen LogP contribution in [0, 0.1) is 0 Å². The molecular formula is C9H13N3O. The highest BCUT2D eigenvalue weighted by molar-refractivity contribution is 5.94. The van der Waals surface area contributed by atoms with Gasteiger partial charge in [-0.1, -0.05) is 0 Å². The molecule has 1 aliphatic rings. The zero-order valence-corrected chi connectivity index (χ0v) is 7.66. The largest absolute Gasteiger partial charge is 0.365 e. The lowest BCUT2D eigenvalue weighted by atomic mass is 10.2. The average molecular weight is 179 g/mol. The van der Waals surface area contributed by atoms with Crippen molar-refractivity contribution in [2.24, 2.45) is 5.73 Å². The molecule has 1 aliphatic carbocycles. The van der Waals surface area contributed by atoms with Gasteiger partial charge in [0, 0.05) is 18.7 Å². The van der Waals surface area contributed by atoms with Crippen molar-refractivity contribution in [3.05, 3.63) is 17.5 Å². The summed E-state index contributed by atoms with van der Waals surface area (Å²) in [7, 11) is 0. The monoisotopic (exact) mass is 179 g/mol. The Morgan fingerprint density at radius 2 is 2.46 bits per heavy atom. The number of rotatable bonds is 3. The van der Waals surface area contributed by atoms with Gasteiger partial charge in [-0.05, 0) is 19.8 Å². The van der Waals surface area contributed by atoms with E-state index in [0.717, 1.165) is 25.1 Å². The summed E-state index contributed by atoms with van der Waals surface area (Å²) in [6, 6.07) is 0. The number of primary amides is 1. The molecule has 2 N–H and O–H groups in total. The average Bonchev–Trinajstić information content (AvgIpc) is 2.84. The first-order chi connectivity index (χ1) is 6.22. The van der Waals surface area contributed by atoms with Gasteiger partial charge >= 0.3 is 0 Å². The SMILES string of the molecule is CCn1cc(C(N)=O)c(C2CC2)n1. The molecule has 1 fully saturated rings. The Bertz CT molecular complexity index is 339. The van der Waals surface area contributed by atoms with Crippen molar-refractivity contribution >= 4 is 5.91 Å². The lowest BCUT2D eigenvalue weighted by Crippen LogP contribution is -2.12. The molecule has 0 aliphatic heterocycles. The van der Waals surface area contributed by atoms with Gasteiger partial charge in [0.1, 0.15) is 0 Å². The van der Waals surface area contributed by atoms with E-state index < -0.39 is 0 Å². The summed E-state index contributed by atoms with van der Waals surface area (Å²) in [4.78, 5) is 11.1. The van der Waals surface area contributed by atoms with Crippen LogP contribution in [0.2, 0.25) is 0 Å². The summed E-state index contributed by atoms with van der Waals surface area (Å²) in [5.74, 6) is 0.122. The second-order valence-electron chi connectivity index (χ2n) is 3.42. The predicted octanol–water partition coefficient (Wildman–Crippen LogP) is 0.879. The van der Waals surface area contributed by atoms with Gasteiger partial charge in [-0.2, -0.15) is 5.10 Å². The Hall–Kier alpha value is -1.32. The molecule has 1 saturated carbocycles. The topological polar surface area (TPSA) is 60.9 Å². The van der Waals surface area contributed by atoms with E-state index in [4.69, 9.17) is 5.73 Å². The quantitative estimate of drug-likeness (QED) is 0.748. The van der Waals surface area contributed by atoms with Crippen molar-refractivity contribution in [2.75, 3.05) is 0 Å². The number of carbonyl (C=O) groups is 1. The van der Waals surface area contributed by atoms with Gasteiger partial charge in [0.15, 0.2) is 0 Å². The van der Waals surface area contributed by atoms with Crippen molar-refractivity contribution in [1.82, 2.24) is 9.78 Å². The van der Waals surface area contributed by atoms with E-state index in [2.05, 4.69) is 5.10 Å². The highest BCUT2D eigenvalue weighted by Gasteiger charge is 2.30. The first-order valence-electron chi connectivity index (χ1n) is 4.59. The van der Waals surface area contributed by atoms with Gasteiger partial charge in [-0.25, -0.2) is 0 Å². The summed E-state index contributed by atoms with van der Waals surface area (Å²) in [6.07, 6.45) is 4.03. The van der Waals surface area contributed by atoms with Crippen molar-refractivity contribution < 1.29 is 4.79 Å². The summed E-state index contributed by atoms with van der Waals surface area (Å²) in [5.41, 5.74) is 6.75. The Labute approximate surface area is 76.7 Å². The molecule has 0 unspecified atom stereocenters. The third-order valence-electron chi connectivity index (χ3n) is 2.34. The molecule has 1 aromatic heterocycles. The number of amides is 1. The van der Waals surface area contributed by atoms with Crippen LogP contribution in [-0.2, 0) is 6.54 Å². The fraction of sp³-hybridized carbons (Fsp3) is 0.556. The normalized spacial score (nSPS) is 16.1. The van der Waals surface area contributed by atoms with Crippen molar-refractivity contribution in [1.29, 1.82) is 0 Å². The second-order valence-corrected chi connectivity index (χ2v) is 3.42. The number of aryl methyl sites for hydroxylation is 1. The van der Waals surface area contributed by atoms with Crippen LogP contribution in [0.3, 0.4) is 0 Å². The second kappa shape index (κ2) is 2.87. The highest BCUT2D eigenvalue weighted by Crippen LogP contribution is 2.40. The summed E-state index contributed by atoms with van der Waals surface area (Å²) < 4.78 is 1.77. The summed E-state index contributed by atoms with van der Waals surface area (Å²) in [5, 5.41) is 4.33. The molecule has 0 aromatic carbocycles. The lowest BCUT2D eigenvalue weighted by molar-refractivity contribution is 0.0999. The van der Waals surface area contributed by atoms with Gasteiger partial charge < -0.3 is 5.73 Å². The maximum absolute atomic E-state index is 11.1. The van der Waals surface area contributed by atoms with E-state index in [1.807, 2.05) is 6.92 Å². The maximum atomic E-state index is 11.1. The van der Waals surface area contributed by atoms with Crippen molar-refractivity contribution in [2.45, 2.75) is 32.2 Å². The smallest absolute Gasteiger partial charge is 0.252 e. The third-order valence-corrected chi connectivity index (χ3v) is 2.34. The third kappa shape index (κ3) is 1.43. The Morgan fingerprint density at radius 3 is 2.92 bits per heavy atom. The van der Waals surface area contributed by atoms with Crippen LogP contribution in [0.25, 0.3) is 0 Å². The summed E-state index contributed by atoms with van der Waals surface area (Å²) in [6.45, 7) is 2.78. The molecule has 4 heteroatoms. The van der Waals surface area contributed by atoms with E-state index in [0.29, 0.717) is 11.5 Å². The molecule has 13 heavy (non-hydrogen) atoms. The number of aromatic nitrogens is 2. The number of hydrogen-bond donors (Lipinski definition) is 1. The molecule has 0 radical (unpaired) electrons. The maximum Gasteiger partial charge on any atom is 0.252 e. The minimum Gasteiger partial charge on any atom is -0.365 e. The minimum absolute atomic E-state index is 0.360. The van der Waals surface area contributed by atoms with E-state index in [-0.39, 0.29) is 5.91 Å². The fourth-order valence-corrected chi connectivity index (χ4v) is 1.45. The molecule has 4 nitrogen and oxygen atoms in total.